The van der Waals surface area contributed by atoms with Crippen LogP contribution in [0.5, 0.6) is 5.75 Å². The molecule has 4 rings (SSSR count). The molecule has 2 aliphatic rings. The van der Waals surface area contributed by atoms with Gasteiger partial charge in [-0.25, -0.2) is 18.2 Å². The molecule has 12 heteroatoms. The fraction of sp³-hybridized carbons (Fsp3) is 0.480. The van der Waals surface area contributed by atoms with Crippen LogP contribution in [0.25, 0.3) is 0 Å². The van der Waals surface area contributed by atoms with Gasteiger partial charge in [0, 0.05) is 26.2 Å². The molecular formula is C25H33N5O6S. The summed E-state index contributed by atoms with van der Waals surface area (Å²) in [6.07, 6.45) is 0.214. The second-order valence-corrected chi connectivity index (χ2v) is 12.1. The maximum atomic E-state index is 13.0. The van der Waals surface area contributed by atoms with E-state index in [4.69, 9.17) is 9.72 Å². The third-order valence-electron chi connectivity index (χ3n) is 7.08. The van der Waals surface area contributed by atoms with Crippen LogP contribution in [0.1, 0.15) is 33.6 Å². The van der Waals surface area contributed by atoms with E-state index >= 15 is 0 Å². The number of carbonyl (C=O) groups excluding carboxylic acids is 1. The summed E-state index contributed by atoms with van der Waals surface area (Å²) in [6.45, 7) is 5.86. The Morgan fingerprint density at radius 2 is 1.86 bits per heavy atom. The normalized spacial score (nSPS) is 18.7. The zero-order chi connectivity index (χ0) is 27.1. The van der Waals surface area contributed by atoms with E-state index in [0.29, 0.717) is 54.7 Å². The number of amides is 2. The summed E-state index contributed by atoms with van der Waals surface area (Å²) in [5.41, 5.74) is 1.10. The molecule has 2 amide bonds. The number of hydrogen-bond donors (Lipinski definition) is 2. The molecule has 1 aromatic heterocycles. The van der Waals surface area contributed by atoms with Crippen molar-refractivity contribution < 1.29 is 27.9 Å². The van der Waals surface area contributed by atoms with Crippen molar-refractivity contribution in [3.05, 3.63) is 30.3 Å². The number of aromatic nitrogens is 1. The number of ether oxygens (including phenoxy) is 1. The number of carboxylic acid groups (broad SMARTS) is 1. The Balaban J connectivity index is 1.71. The first-order valence-electron chi connectivity index (χ1n) is 12.2. The Labute approximate surface area is 216 Å². The monoisotopic (exact) mass is 531 g/mol. The second-order valence-electron chi connectivity index (χ2n) is 9.60. The first-order valence-corrected chi connectivity index (χ1v) is 13.7. The van der Waals surface area contributed by atoms with E-state index in [1.807, 2.05) is 11.8 Å². The molecule has 1 aromatic carbocycles. The Morgan fingerprint density at radius 1 is 1.19 bits per heavy atom. The maximum absolute atomic E-state index is 13.0. The minimum absolute atomic E-state index is 0.0567. The molecule has 0 unspecified atom stereocenters. The van der Waals surface area contributed by atoms with Crippen LogP contribution in [-0.4, -0.2) is 80.0 Å². The number of likely N-dealkylation sites (tertiary alicyclic amines) is 1. The van der Waals surface area contributed by atoms with Crippen molar-refractivity contribution in [3.63, 3.8) is 0 Å². The molecule has 2 aromatic rings. The van der Waals surface area contributed by atoms with E-state index in [2.05, 4.69) is 5.32 Å². The molecule has 1 fully saturated rings. The summed E-state index contributed by atoms with van der Waals surface area (Å²) in [5, 5.41) is 11.9. The lowest BCUT2D eigenvalue weighted by Crippen LogP contribution is -2.57. The predicted molar refractivity (Wildman–Crippen MR) is 141 cm³/mol. The number of fused-ring (bicyclic) bond motifs is 1. The molecule has 2 aliphatic heterocycles. The summed E-state index contributed by atoms with van der Waals surface area (Å²) in [7, 11) is -0.287. The van der Waals surface area contributed by atoms with Crippen LogP contribution < -0.4 is 19.9 Å². The number of hydrogen-bond acceptors (Lipinski definition) is 8. The van der Waals surface area contributed by atoms with Crippen LogP contribution in [0, 0.1) is 0 Å². The Hall–Kier alpha value is -3.54. The Bertz CT molecular complexity index is 1310. The number of likely N-dealkylation sites (N-methyl/N-ethyl adjacent to an activating group) is 1. The number of sulfone groups is 1. The van der Waals surface area contributed by atoms with E-state index in [0.717, 1.165) is 0 Å². The van der Waals surface area contributed by atoms with Gasteiger partial charge >= 0.3 is 6.09 Å². The highest BCUT2D eigenvalue weighted by Gasteiger charge is 2.40. The van der Waals surface area contributed by atoms with Gasteiger partial charge in [-0.2, -0.15) is 0 Å². The number of carbonyl (C=O) groups is 2. The fourth-order valence-electron chi connectivity index (χ4n) is 4.86. The van der Waals surface area contributed by atoms with Crippen LogP contribution in [0.15, 0.2) is 35.2 Å². The average molecular weight is 532 g/mol. The molecule has 3 heterocycles. The topological polar surface area (TPSA) is 132 Å². The minimum atomic E-state index is -3.50. The number of anilines is 4. The van der Waals surface area contributed by atoms with Crippen molar-refractivity contribution in [2.75, 3.05) is 42.4 Å². The van der Waals surface area contributed by atoms with Crippen molar-refractivity contribution in [3.8, 4) is 5.75 Å². The Morgan fingerprint density at radius 3 is 2.46 bits per heavy atom. The molecule has 0 aliphatic carbocycles. The van der Waals surface area contributed by atoms with Gasteiger partial charge in [-0.15, -0.1) is 0 Å². The summed E-state index contributed by atoms with van der Waals surface area (Å²) in [4.78, 5) is 34.4. The zero-order valence-electron chi connectivity index (χ0n) is 21.6. The third kappa shape index (κ3) is 4.89. The molecular weight excluding hydrogens is 498 g/mol. The van der Waals surface area contributed by atoms with Crippen molar-refractivity contribution in [1.82, 2.24) is 9.88 Å². The molecule has 200 valence electrons. The van der Waals surface area contributed by atoms with E-state index in [1.165, 1.54) is 24.1 Å². The highest BCUT2D eigenvalue weighted by atomic mass is 32.2. The summed E-state index contributed by atoms with van der Waals surface area (Å²) < 4.78 is 30.9. The standard InChI is InChI=1S/C25H33N5O6S/c1-15(2)37(34,35)18-6-8-21(36-5)19(14-18)26-22-9-7-20-23(27-22)30(16(3)24(31)28(20)4)17-10-12-29(13-11-17)25(32)33/h6-9,14-17H,10-13H2,1-5H3,(H,26,27)(H,32,33)/t16-/m1/s1. The molecule has 1 saturated heterocycles. The van der Waals surface area contributed by atoms with Gasteiger partial charge in [0.15, 0.2) is 15.7 Å². The van der Waals surface area contributed by atoms with E-state index in [-0.39, 0.29) is 16.8 Å². The van der Waals surface area contributed by atoms with Crippen LogP contribution >= 0.6 is 0 Å². The van der Waals surface area contributed by atoms with Crippen molar-refractivity contribution in [1.29, 1.82) is 0 Å². The van der Waals surface area contributed by atoms with Crippen LogP contribution in [0.2, 0.25) is 0 Å². The highest BCUT2D eigenvalue weighted by Crippen LogP contribution is 2.39. The van der Waals surface area contributed by atoms with Gasteiger partial charge in [-0.3, -0.25) is 4.79 Å². The van der Waals surface area contributed by atoms with E-state index in [9.17, 15) is 23.1 Å². The summed E-state index contributed by atoms with van der Waals surface area (Å²) in [6, 6.07) is 7.66. The molecule has 0 spiro atoms. The lowest BCUT2D eigenvalue weighted by Gasteiger charge is -2.45. The highest BCUT2D eigenvalue weighted by molar-refractivity contribution is 7.92. The van der Waals surface area contributed by atoms with Gasteiger partial charge < -0.3 is 29.9 Å². The number of piperidine rings is 1. The largest absolute Gasteiger partial charge is 0.495 e. The first kappa shape index (κ1) is 26.5. The number of nitrogens with one attached hydrogen (secondary N) is 1. The quantitative estimate of drug-likeness (QED) is 0.576. The van der Waals surface area contributed by atoms with Crippen molar-refractivity contribution >= 4 is 44.8 Å². The summed E-state index contributed by atoms with van der Waals surface area (Å²) >= 11 is 0. The smallest absolute Gasteiger partial charge is 0.407 e. The van der Waals surface area contributed by atoms with Crippen LogP contribution in [0.3, 0.4) is 0 Å². The van der Waals surface area contributed by atoms with Gasteiger partial charge in [0.1, 0.15) is 17.6 Å². The number of nitrogens with zero attached hydrogens (tertiary/aromatic N) is 4. The van der Waals surface area contributed by atoms with Gasteiger partial charge in [-0.05, 0) is 63.9 Å². The van der Waals surface area contributed by atoms with Crippen LogP contribution in [0.4, 0.5) is 27.8 Å². The molecule has 37 heavy (non-hydrogen) atoms. The number of rotatable bonds is 6. The molecule has 0 saturated carbocycles. The average Bonchev–Trinajstić information content (AvgIpc) is 2.87. The minimum Gasteiger partial charge on any atom is -0.495 e. The molecule has 0 radical (unpaired) electrons. The predicted octanol–water partition coefficient (Wildman–Crippen LogP) is 3.33. The van der Waals surface area contributed by atoms with Gasteiger partial charge in [0.2, 0.25) is 5.91 Å². The summed E-state index contributed by atoms with van der Waals surface area (Å²) in [5.74, 6) is 1.46. The van der Waals surface area contributed by atoms with E-state index < -0.39 is 27.2 Å². The van der Waals surface area contributed by atoms with E-state index in [1.54, 1.807) is 44.0 Å². The number of benzene rings is 1. The van der Waals surface area contributed by atoms with Crippen molar-refractivity contribution in [2.24, 2.45) is 0 Å². The maximum Gasteiger partial charge on any atom is 0.407 e. The zero-order valence-corrected chi connectivity index (χ0v) is 22.4. The first-order chi connectivity index (χ1) is 17.4. The lowest BCUT2D eigenvalue weighted by molar-refractivity contribution is -0.119. The molecule has 0 bridgehead atoms. The van der Waals surface area contributed by atoms with Gasteiger partial charge in [0.05, 0.1) is 28.6 Å². The fourth-order valence-corrected chi connectivity index (χ4v) is 5.94. The Kier molecular flexibility index (Phi) is 7.22. The van der Waals surface area contributed by atoms with Gasteiger partial charge in [0.25, 0.3) is 0 Å². The third-order valence-corrected chi connectivity index (χ3v) is 9.23. The molecule has 1 atom stereocenters. The van der Waals surface area contributed by atoms with Crippen LogP contribution in [-0.2, 0) is 14.6 Å². The number of pyridine rings is 1. The van der Waals surface area contributed by atoms with Crippen molar-refractivity contribution in [2.45, 2.75) is 55.8 Å². The molecule has 2 N–H and O–H groups in total. The molecule has 11 nitrogen and oxygen atoms in total. The SMILES string of the molecule is COc1ccc(S(=O)(=O)C(C)C)cc1Nc1ccc2c(n1)N(C1CCN(C(=O)O)CC1)[C@H](C)C(=O)N2C. The second kappa shape index (κ2) is 10.1. The number of methoxy groups -OCH3 is 1. The van der Waals surface area contributed by atoms with Gasteiger partial charge in [-0.1, -0.05) is 0 Å². The lowest BCUT2D eigenvalue weighted by atomic mass is 9.99.